The van der Waals surface area contributed by atoms with Crippen LogP contribution in [0.4, 0.5) is 0 Å². The smallest absolute Gasteiger partial charge is 0.320 e. The Labute approximate surface area is 202 Å². The maximum atomic E-state index is 12.9. The maximum absolute atomic E-state index is 12.9. The first-order valence-corrected chi connectivity index (χ1v) is 12.2. The van der Waals surface area contributed by atoms with Gasteiger partial charge in [-0.05, 0) is 54.3 Å². The molecule has 1 aliphatic rings. The third-order valence-electron chi connectivity index (χ3n) is 7.02. The van der Waals surface area contributed by atoms with E-state index in [-0.39, 0.29) is 17.2 Å². The average molecular weight is 466 g/mol. The topological polar surface area (TPSA) is 86.8 Å². The molecule has 1 aliphatic heterocycles. The Hall–Kier alpha value is -3.97. The summed E-state index contributed by atoms with van der Waals surface area (Å²) in [5.74, 6) is 0.879. The lowest BCUT2D eigenvalue weighted by Crippen LogP contribution is -2.36. The zero-order valence-corrected chi connectivity index (χ0v) is 19.4. The molecule has 3 aromatic carbocycles. The maximum Gasteiger partial charge on any atom is 0.348 e. The van der Waals surface area contributed by atoms with E-state index in [0.29, 0.717) is 17.0 Å². The molecule has 0 amide bonds. The summed E-state index contributed by atoms with van der Waals surface area (Å²) >= 11 is 0. The van der Waals surface area contributed by atoms with E-state index < -0.39 is 0 Å². The number of pyridine rings is 1. The number of rotatable bonds is 5. The average Bonchev–Trinajstić information content (AvgIpc) is 3.28. The van der Waals surface area contributed by atoms with Crippen molar-refractivity contribution in [2.24, 2.45) is 0 Å². The van der Waals surface area contributed by atoms with Gasteiger partial charge in [-0.3, -0.25) is 9.78 Å². The summed E-state index contributed by atoms with van der Waals surface area (Å²) in [4.78, 5) is 33.0. The summed E-state index contributed by atoms with van der Waals surface area (Å²) in [5.41, 5.74) is 2.04. The van der Waals surface area contributed by atoms with E-state index in [1.807, 2.05) is 12.1 Å². The number of benzene rings is 3. The molecule has 3 heterocycles. The van der Waals surface area contributed by atoms with E-state index in [4.69, 9.17) is 0 Å². The Bertz CT molecular complexity index is 1630. The van der Waals surface area contributed by atoms with Crippen molar-refractivity contribution in [3.05, 3.63) is 105 Å². The Morgan fingerprint density at radius 2 is 1.71 bits per heavy atom. The van der Waals surface area contributed by atoms with Crippen molar-refractivity contribution in [3.8, 4) is 5.69 Å². The van der Waals surface area contributed by atoms with Crippen LogP contribution < -0.4 is 11.2 Å². The van der Waals surface area contributed by atoms with Gasteiger partial charge in [0.25, 0.3) is 0 Å². The normalized spacial score (nSPS) is 16.7. The van der Waals surface area contributed by atoms with E-state index in [1.54, 1.807) is 12.1 Å². The van der Waals surface area contributed by atoms with E-state index in [1.165, 1.54) is 27.1 Å². The number of H-pyrrole nitrogens is 2. The number of piperidine rings is 1. The number of aromatic nitrogens is 4. The predicted octanol–water partition coefficient (Wildman–Crippen LogP) is 3.98. The second-order valence-electron chi connectivity index (χ2n) is 9.36. The molecule has 0 saturated carbocycles. The van der Waals surface area contributed by atoms with Crippen LogP contribution in [0.2, 0.25) is 0 Å². The van der Waals surface area contributed by atoms with Gasteiger partial charge in [-0.25, -0.2) is 4.79 Å². The fourth-order valence-corrected chi connectivity index (χ4v) is 5.19. The molecule has 0 spiro atoms. The number of aromatic amines is 2. The first-order valence-electron chi connectivity index (χ1n) is 12.2. The second kappa shape index (κ2) is 9.00. The van der Waals surface area contributed by atoms with Crippen molar-refractivity contribution in [1.29, 1.82) is 0 Å². The predicted molar refractivity (Wildman–Crippen MR) is 138 cm³/mol. The number of fused-ring (bicyclic) bond motifs is 2. The molecule has 2 N–H and O–H groups in total. The Balaban J connectivity index is 1.20. The molecular weight excluding hydrogens is 438 g/mol. The summed E-state index contributed by atoms with van der Waals surface area (Å²) < 4.78 is 1.38. The van der Waals surface area contributed by atoms with E-state index >= 15 is 0 Å². The van der Waals surface area contributed by atoms with Crippen LogP contribution in [-0.2, 0) is 6.42 Å². The van der Waals surface area contributed by atoms with E-state index in [9.17, 15) is 9.59 Å². The van der Waals surface area contributed by atoms with Crippen molar-refractivity contribution >= 4 is 21.7 Å². The summed E-state index contributed by atoms with van der Waals surface area (Å²) in [5, 5.41) is 8.07. The molecule has 1 atom stereocenters. The fraction of sp³-hybridized carbons (Fsp3) is 0.250. The van der Waals surface area contributed by atoms with Gasteiger partial charge in [-0.15, -0.1) is 5.10 Å². The quantitative estimate of drug-likeness (QED) is 0.411. The van der Waals surface area contributed by atoms with Gasteiger partial charge < -0.3 is 9.88 Å². The summed E-state index contributed by atoms with van der Waals surface area (Å²) in [6, 6.07) is 24.0. The Morgan fingerprint density at radius 3 is 2.63 bits per heavy atom. The minimum atomic E-state index is -0.287. The third-order valence-corrected chi connectivity index (χ3v) is 7.02. The lowest BCUT2D eigenvalue weighted by Gasteiger charge is -2.31. The van der Waals surface area contributed by atoms with Crippen LogP contribution in [0, 0.1) is 0 Å². The van der Waals surface area contributed by atoms with Crippen LogP contribution >= 0.6 is 0 Å². The molecule has 7 nitrogen and oxygen atoms in total. The highest BCUT2D eigenvalue weighted by atomic mass is 16.2. The monoisotopic (exact) mass is 465 g/mol. The summed E-state index contributed by atoms with van der Waals surface area (Å²) in [7, 11) is 0. The number of likely N-dealkylation sites (tertiary alicyclic amines) is 1. The minimum absolute atomic E-state index is 0.170. The number of hydrogen-bond acceptors (Lipinski definition) is 4. The van der Waals surface area contributed by atoms with Gasteiger partial charge in [0.15, 0.2) is 0 Å². The van der Waals surface area contributed by atoms with Crippen molar-refractivity contribution < 1.29 is 0 Å². The van der Waals surface area contributed by atoms with Crippen LogP contribution in [0.1, 0.15) is 30.1 Å². The van der Waals surface area contributed by atoms with Gasteiger partial charge in [0.05, 0.1) is 11.2 Å². The van der Waals surface area contributed by atoms with Crippen LogP contribution in [0.25, 0.3) is 27.4 Å². The highest BCUT2D eigenvalue weighted by Crippen LogP contribution is 2.25. The van der Waals surface area contributed by atoms with E-state index in [2.05, 4.69) is 62.4 Å². The molecule has 0 aliphatic carbocycles. The summed E-state index contributed by atoms with van der Waals surface area (Å²) in [6.07, 6.45) is 3.05. The minimum Gasteiger partial charge on any atom is -0.320 e. The molecule has 1 fully saturated rings. The zero-order chi connectivity index (χ0) is 23.8. The lowest BCUT2D eigenvalue weighted by molar-refractivity contribution is 0.206. The van der Waals surface area contributed by atoms with Gasteiger partial charge in [0.1, 0.15) is 5.82 Å². The zero-order valence-electron chi connectivity index (χ0n) is 19.4. The molecule has 35 heavy (non-hydrogen) atoms. The number of nitrogens with zero attached hydrogens (tertiary/aromatic N) is 3. The Morgan fingerprint density at radius 1 is 0.886 bits per heavy atom. The van der Waals surface area contributed by atoms with Crippen LogP contribution in [0.15, 0.2) is 82.4 Å². The van der Waals surface area contributed by atoms with Crippen molar-refractivity contribution in [3.63, 3.8) is 0 Å². The molecule has 176 valence electrons. The molecule has 2 aromatic heterocycles. The molecule has 0 radical (unpaired) electrons. The van der Waals surface area contributed by atoms with Crippen LogP contribution in [0.5, 0.6) is 0 Å². The van der Waals surface area contributed by atoms with Gasteiger partial charge in [0, 0.05) is 30.5 Å². The third kappa shape index (κ3) is 4.31. The standard InChI is InChI=1S/C28H27N5O2/c34-25-13-12-21-7-3-9-24(26(21)29-25)33-28(35)30-27(31-33)23-8-4-15-32(18-23)16-14-19-10-11-20-5-1-2-6-22(20)17-19/h1-3,5-7,9-13,17,23H,4,8,14-16,18H2,(H,29,34)(H,30,31,35). The van der Waals surface area contributed by atoms with Crippen molar-refractivity contribution in [1.82, 2.24) is 24.6 Å². The first-order chi connectivity index (χ1) is 17.1. The molecule has 7 heteroatoms. The molecule has 5 aromatic rings. The summed E-state index contributed by atoms with van der Waals surface area (Å²) in [6.45, 7) is 2.90. The molecule has 1 saturated heterocycles. The number of hydrogen-bond donors (Lipinski definition) is 2. The molecule has 6 rings (SSSR count). The van der Waals surface area contributed by atoms with Crippen LogP contribution in [0.3, 0.4) is 0 Å². The molecule has 1 unspecified atom stereocenters. The SMILES string of the molecule is O=c1ccc2cccc(-n3nc(C4CCCN(CCc5ccc6ccccc6c5)C4)[nH]c3=O)c2[nH]1. The van der Waals surface area contributed by atoms with Gasteiger partial charge in [-0.1, -0.05) is 54.6 Å². The van der Waals surface area contributed by atoms with Gasteiger partial charge in [-0.2, -0.15) is 4.68 Å². The molecule has 0 bridgehead atoms. The highest BCUT2D eigenvalue weighted by Gasteiger charge is 2.25. The highest BCUT2D eigenvalue weighted by molar-refractivity contribution is 5.86. The second-order valence-corrected chi connectivity index (χ2v) is 9.36. The molecular formula is C28H27N5O2. The van der Waals surface area contributed by atoms with Crippen molar-refractivity contribution in [2.45, 2.75) is 25.2 Å². The Kier molecular flexibility index (Phi) is 5.54. The number of para-hydroxylation sites is 1. The largest absolute Gasteiger partial charge is 0.348 e. The fourth-order valence-electron chi connectivity index (χ4n) is 5.19. The van der Waals surface area contributed by atoms with Gasteiger partial charge >= 0.3 is 5.69 Å². The van der Waals surface area contributed by atoms with Crippen molar-refractivity contribution in [2.75, 3.05) is 19.6 Å². The van der Waals surface area contributed by atoms with Gasteiger partial charge in [0.2, 0.25) is 5.56 Å². The lowest BCUT2D eigenvalue weighted by atomic mass is 9.97. The van der Waals surface area contributed by atoms with E-state index in [0.717, 1.165) is 44.3 Å². The van der Waals surface area contributed by atoms with Crippen LogP contribution in [-0.4, -0.2) is 44.3 Å². The number of nitrogens with one attached hydrogen (secondary N) is 2. The first kappa shape index (κ1) is 21.6.